The molecule has 25 heavy (non-hydrogen) atoms. The van der Waals surface area contributed by atoms with Gasteiger partial charge < -0.3 is 19.7 Å². The fourth-order valence-corrected chi connectivity index (χ4v) is 3.53. The number of fused-ring (bicyclic) bond motifs is 1. The molecule has 0 aromatic carbocycles. The highest BCUT2D eigenvalue weighted by molar-refractivity contribution is 5.92. The van der Waals surface area contributed by atoms with Crippen LogP contribution in [0.2, 0.25) is 0 Å². The molecular formula is C17H18FN3O4. The number of aliphatic hydroxyl groups is 1. The van der Waals surface area contributed by atoms with Crippen LogP contribution in [-0.4, -0.2) is 44.9 Å². The van der Waals surface area contributed by atoms with Gasteiger partial charge >= 0.3 is 5.97 Å². The lowest BCUT2D eigenvalue weighted by Crippen LogP contribution is -2.33. The summed E-state index contributed by atoms with van der Waals surface area (Å²) in [7, 11) is 0. The van der Waals surface area contributed by atoms with E-state index in [1.807, 2.05) is 0 Å². The number of nitrogens with zero attached hydrogens (tertiary/aromatic N) is 3. The molecule has 1 atom stereocenters. The van der Waals surface area contributed by atoms with Crippen LogP contribution in [0.5, 0.6) is 0 Å². The van der Waals surface area contributed by atoms with Crippen LogP contribution in [0.25, 0.3) is 11.0 Å². The van der Waals surface area contributed by atoms with Gasteiger partial charge in [0.2, 0.25) is 5.43 Å². The van der Waals surface area contributed by atoms with E-state index in [9.17, 15) is 24.2 Å². The van der Waals surface area contributed by atoms with E-state index in [0.29, 0.717) is 12.2 Å². The number of hydrogen-bond acceptors (Lipinski definition) is 5. The van der Waals surface area contributed by atoms with E-state index in [4.69, 9.17) is 0 Å². The number of carbonyl (C=O) groups is 1. The molecule has 2 aromatic heterocycles. The molecular weight excluding hydrogens is 329 g/mol. The predicted octanol–water partition coefficient (Wildman–Crippen LogP) is 1.53. The van der Waals surface area contributed by atoms with E-state index in [-0.39, 0.29) is 35.5 Å². The highest BCUT2D eigenvalue weighted by Crippen LogP contribution is 2.37. The van der Waals surface area contributed by atoms with Crippen molar-refractivity contribution in [2.24, 2.45) is 0 Å². The number of carboxylic acids is 1. The number of aromatic nitrogens is 2. The van der Waals surface area contributed by atoms with Gasteiger partial charge in [-0.05, 0) is 31.7 Å². The minimum absolute atomic E-state index is 0.0206. The Morgan fingerprint density at radius 3 is 2.76 bits per heavy atom. The van der Waals surface area contributed by atoms with Crippen LogP contribution in [0.3, 0.4) is 0 Å². The van der Waals surface area contributed by atoms with Crippen molar-refractivity contribution in [2.45, 2.75) is 37.8 Å². The second-order valence-electron chi connectivity index (χ2n) is 6.65. The Kier molecular flexibility index (Phi) is 3.72. The zero-order valence-electron chi connectivity index (χ0n) is 13.5. The van der Waals surface area contributed by atoms with Crippen molar-refractivity contribution in [3.63, 3.8) is 0 Å². The largest absolute Gasteiger partial charge is 0.477 e. The molecule has 0 radical (unpaired) electrons. The monoisotopic (exact) mass is 347 g/mol. The van der Waals surface area contributed by atoms with Gasteiger partial charge in [0.1, 0.15) is 11.2 Å². The molecule has 0 amide bonds. The Labute approximate surface area is 142 Å². The SMILES string of the molecule is O=C(O)c1cn(C2CC2)c2nc(N3CCC[C@H]3CO)c(F)cc2c1=O. The van der Waals surface area contributed by atoms with Crippen molar-refractivity contribution in [1.82, 2.24) is 9.55 Å². The molecule has 2 fully saturated rings. The second kappa shape index (κ2) is 5.80. The van der Waals surface area contributed by atoms with Crippen LogP contribution in [0, 0.1) is 5.82 Å². The van der Waals surface area contributed by atoms with Gasteiger partial charge in [-0.3, -0.25) is 4.79 Å². The van der Waals surface area contributed by atoms with E-state index in [2.05, 4.69) is 4.98 Å². The third-order valence-electron chi connectivity index (χ3n) is 4.97. The fraction of sp³-hybridized carbons (Fsp3) is 0.471. The molecule has 3 heterocycles. The first kappa shape index (κ1) is 16.0. The van der Waals surface area contributed by atoms with Crippen molar-refractivity contribution >= 4 is 22.8 Å². The Morgan fingerprint density at radius 1 is 1.36 bits per heavy atom. The lowest BCUT2D eigenvalue weighted by atomic mass is 10.1. The summed E-state index contributed by atoms with van der Waals surface area (Å²) in [5, 5.41) is 18.7. The predicted molar refractivity (Wildman–Crippen MR) is 88.6 cm³/mol. The van der Waals surface area contributed by atoms with Crippen LogP contribution in [-0.2, 0) is 0 Å². The van der Waals surface area contributed by atoms with Gasteiger partial charge in [-0.15, -0.1) is 0 Å². The number of aliphatic hydroxyl groups excluding tert-OH is 1. The molecule has 1 saturated heterocycles. The lowest BCUT2D eigenvalue weighted by Gasteiger charge is -2.25. The topological polar surface area (TPSA) is 95.7 Å². The summed E-state index contributed by atoms with van der Waals surface area (Å²) in [6.07, 6.45) is 4.64. The third-order valence-corrected chi connectivity index (χ3v) is 4.97. The maximum Gasteiger partial charge on any atom is 0.341 e. The standard InChI is InChI=1S/C17H18FN3O4/c18-13-6-11-14(23)12(17(24)25)7-21(9-3-4-9)15(11)19-16(13)20-5-1-2-10(20)8-22/h6-7,9-10,22H,1-5,8H2,(H,24,25)/t10-/m0/s1. The van der Waals surface area contributed by atoms with E-state index < -0.39 is 17.2 Å². The lowest BCUT2D eigenvalue weighted by molar-refractivity contribution is 0.0695. The number of anilines is 1. The number of hydrogen-bond donors (Lipinski definition) is 2. The van der Waals surface area contributed by atoms with Gasteiger partial charge in [-0.1, -0.05) is 0 Å². The zero-order chi connectivity index (χ0) is 17.7. The average molecular weight is 347 g/mol. The number of halogens is 1. The molecule has 0 unspecified atom stereocenters. The molecule has 1 aliphatic carbocycles. The Bertz CT molecular complexity index is 922. The molecule has 132 valence electrons. The fourth-order valence-electron chi connectivity index (χ4n) is 3.53. The van der Waals surface area contributed by atoms with Gasteiger partial charge in [0.05, 0.1) is 18.0 Å². The van der Waals surface area contributed by atoms with Gasteiger partial charge in [-0.25, -0.2) is 14.2 Å². The quantitative estimate of drug-likeness (QED) is 0.871. The van der Waals surface area contributed by atoms with Crippen LogP contribution in [0.1, 0.15) is 42.1 Å². The van der Waals surface area contributed by atoms with E-state index in [1.54, 1.807) is 9.47 Å². The maximum absolute atomic E-state index is 14.7. The van der Waals surface area contributed by atoms with Crippen molar-refractivity contribution in [1.29, 1.82) is 0 Å². The number of pyridine rings is 2. The van der Waals surface area contributed by atoms with E-state index in [1.165, 1.54) is 6.20 Å². The smallest absolute Gasteiger partial charge is 0.341 e. The number of rotatable bonds is 4. The van der Waals surface area contributed by atoms with Crippen molar-refractivity contribution in [3.05, 3.63) is 33.9 Å². The molecule has 7 nitrogen and oxygen atoms in total. The van der Waals surface area contributed by atoms with Crippen molar-refractivity contribution in [2.75, 3.05) is 18.1 Å². The molecule has 1 aliphatic heterocycles. The first-order chi connectivity index (χ1) is 12.0. The van der Waals surface area contributed by atoms with Crippen LogP contribution in [0.4, 0.5) is 10.2 Å². The Hall–Kier alpha value is -2.48. The first-order valence-electron chi connectivity index (χ1n) is 8.37. The normalized spacial score (nSPS) is 20.4. The van der Waals surface area contributed by atoms with Crippen LogP contribution < -0.4 is 10.3 Å². The van der Waals surface area contributed by atoms with Gasteiger partial charge in [0.15, 0.2) is 11.6 Å². The van der Waals surface area contributed by atoms with Gasteiger partial charge in [0, 0.05) is 18.8 Å². The maximum atomic E-state index is 14.7. The van der Waals surface area contributed by atoms with E-state index in [0.717, 1.165) is 31.7 Å². The third kappa shape index (κ3) is 2.57. The molecule has 2 aromatic rings. The minimum Gasteiger partial charge on any atom is -0.477 e. The summed E-state index contributed by atoms with van der Waals surface area (Å²) in [5.41, 5.74) is -0.794. The first-order valence-corrected chi connectivity index (χ1v) is 8.37. The summed E-state index contributed by atoms with van der Waals surface area (Å²) >= 11 is 0. The second-order valence-corrected chi connectivity index (χ2v) is 6.65. The highest BCUT2D eigenvalue weighted by Gasteiger charge is 2.31. The van der Waals surface area contributed by atoms with Crippen LogP contribution >= 0.6 is 0 Å². The number of carboxylic acid groups (broad SMARTS) is 1. The van der Waals surface area contributed by atoms with Crippen molar-refractivity contribution < 1.29 is 19.4 Å². The molecule has 8 heteroatoms. The number of aromatic carboxylic acids is 1. The Balaban J connectivity index is 1.96. The van der Waals surface area contributed by atoms with Crippen LogP contribution in [0.15, 0.2) is 17.1 Å². The molecule has 2 N–H and O–H groups in total. The average Bonchev–Trinajstić information content (AvgIpc) is 3.31. The van der Waals surface area contributed by atoms with E-state index >= 15 is 0 Å². The molecule has 0 bridgehead atoms. The summed E-state index contributed by atoms with van der Waals surface area (Å²) in [5.74, 6) is -1.89. The zero-order valence-corrected chi connectivity index (χ0v) is 13.5. The highest BCUT2D eigenvalue weighted by atomic mass is 19.1. The molecule has 0 spiro atoms. The molecule has 1 saturated carbocycles. The van der Waals surface area contributed by atoms with Gasteiger partial charge in [0.25, 0.3) is 0 Å². The Morgan fingerprint density at radius 2 is 2.12 bits per heavy atom. The summed E-state index contributed by atoms with van der Waals surface area (Å²) in [4.78, 5) is 29.9. The van der Waals surface area contributed by atoms with Crippen molar-refractivity contribution in [3.8, 4) is 0 Å². The summed E-state index contributed by atoms with van der Waals surface area (Å²) in [6, 6.07) is 0.969. The molecule has 4 rings (SSSR count). The molecule has 2 aliphatic rings. The summed E-state index contributed by atoms with van der Waals surface area (Å²) < 4.78 is 16.3. The van der Waals surface area contributed by atoms with Gasteiger partial charge in [-0.2, -0.15) is 0 Å². The summed E-state index contributed by atoms with van der Waals surface area (Å²) in [6.45, 7) is 0.494. The minimum atomic E-state index is -1.33.